The van der Waals surface area contributed by atoms with Crippen LogP contribution in [0.5, 0.6) is 0 Å². The number of imidazole rings is 1. The molecule has 7 atom stereocenters. The highest BCUT2D eigenvalue weighted by Crippen LogP contribution is 2.44. The van der Waals surface area contributed by atoms with Crippen LogP contribution in [0.15, 0.2) is 96.2 Å². The van der Waals surface area contributed by atoms with Crippen LogP contribution in [0.2, 0.25) is 0 Å². The smallest absolute Gasteiger partial charge is 0.315 e. The van der Waals surface area contributed by atoms with Crippen LogP contribution < -0.4 is 42.9 Å². The summed E-state index contributed by atoms with van der Waals surface area (Å²) in [5.74, 6) is 1.15. The predicted molar refractivity (Wildman–Crippen MR) is 258 cm³/mol. The van der Waals surface area contributed by atoms with Crippen LogP contribution in [0.4, 0.5) is 16.6 Å². The summed E-state index contributed by atoms with van der Waals surface area (Å²) in [6.45, 7) is 3.77. The first-order valence-corrected chi connectivity index (χ1v) is 25.6. The van der Waals surface area contributed by atoms with E-state index in [0.717, 1.165) is 44.3 Å². The first kappa shape index (κ1) is 47.1. The molecule has 5 aromatic rings. The second-order valence-electron chi connectivity index (χ2n) is 16.8. The van der Waals surface area contributed by atoms with Crippen molar-refractivity contribution in [2.75, 3.05) is 37.7 Å². The summed E-state index contributed by atoms with van der Waals surface area (Å²) in [4.78, 5) is 42.8. The molecule has 8 N–H and O–H groups in total. The zero-order chi connectivity index (χ0) is 46.0. The second kappa shape index (κ2) is 22.0. The van der Waals surface area contributed by atoms with Gasteiger partial charge < -0.3 is 51.3 Å². The molecule has 3 fully saturated rings. The Morgan fingerprint density at radius 2 is 1.70 bits per heavy atom. The van der Waals surface area contributed by atoms with Gasteiger partial charge in [0.1, 0.15) is 24.6 Å². The minimum absolute atomic E-state index is 0.0193. The van der Waals surface area contributed by atoms with Crippen molar-refractivity contribution in [3.05, 3.63) is 96.8 Å². The van der Waals surface area contributed by atoms with Gasteiger partial charge in [-0.1, -0.05) is 92.2 Å². The molecule has 8 rings (SSSR count). The predicted octanol–water partition coefficient (Wildman–Crippen LogP) is 3.77. The molecule has 350 valence electrons. The number of amides is 3. The van der Waals surface area contributed by atoms with Gasteiger partial charge in [-0.2, -0.15) is 16.8 Å². The zero-order valence-electron chi connectivity index (χ0n) is 37.0. The lowest BCUT2D eigenvalue weighted by Crippen LogP contribution is -2.37. The number of nitrogens with zero attached hydrogens (tertiary/aromatic N) is 5. The lowest BCUT2D eigenvalue weighted by Gasteiger charge is -2.23. The number of hydrogen-bond donors (Lipinski definition) is 7. The van der Waals surface area contributed by atoms with Crippen LogP contribution in [0.3, 0.4) is 0 Å². The van der Waals surface area contributed by atoms with E-state index < -0.39 is 31.7 Å². The summed E-state index contributed by atoms with van der Waals surface area (Å²) in [5.41, 5.74) is 7.25. The molecule has 19 heteroatoms. The largest absolute Gasteiger partial charge is 0.477 e. The molecule has 3 aromatic carbocycles. The molecule has 0 spiro atoms. The van der Waals surface area contributed by atoms with Crippen molar-refractivity contribution in [2.24, 2.45) is 4.99 Å². The van der Waals surface area contributed by atoms with E-state index in [2.05, 4.69) is 31.2 Å². The summed E-state index contributed by atoms with van der Waals surface area (Å²) in [7, 11) is -3.56. The number of carbonyl (C=O) groups is 2. The van der Waals surface area contributed by atoms with E-state index in [9.17, 15) is 19.8 Å². The highest BCUT2D eigenvalue weighted by atomic mass is 32.2. The van der Waals surface area contributed by atoms with Crippen LogP contribution >= 0.6 is 18.9 Å². The molecule has 0 bridgehead atoms. The summed E-state index contributed by atoms with van der Waals surface area (Å²) >= 11 is 1.88. The van der Waals surface area contributed by atoms with Crippen molar-refractivity contribution in [1.29, 1.82) is 0 Å². The Kier molecular flexibility index (Phi) is 15.7. The normalized spacial score (nSPS) is 22.9. The lowest BCUT2D eigenvalue weighted by atomic mass is 10.0. The molecule has 0 aliphatic carbocycles. The summed E-state index contributed by atoms with van der Waals surface area (Å²) < 4.78 is 30.3. The van der Waals surface area contributed by atoms with Crippen molar-refractivity contribution in [3.63, 3.8) is 0 Å². The van der Waals surface area contributed by atoms with Gasteiger partial charge in [0.05, 0.1) is 18.7 Å². The molecule has 0 saturated carbocycles. The number of aromatic nitrogens is 4. The van der Waals surface area contributed by atoms with Crippen LogP contribution in [0, 0.1) is 0 Å². The van der Waals surface area contributed by atoms with Crippen molar-refractivity contribution < 1.29 is 33.8 Å². The van der Waals surface area contributed by atoms with Gasteiger partial charge in [-0.05, 0) is 51.1 Å². The number of hydrogen-bond acceptors (Lipinski definition) is 14. The third-order valence-electron chi connectivity index (χ3n) is 12.2. The second-order valence-corrected chi connectivity index (χ2v) is 20.8. The Bertz CT molecular complexity index is 2470. The number of nitrogens with two attached hydrogens (primary N) is 1. The molecule has 2 aromatic heterocycles. The Morgan fingerprint density at radius 3 is 2.45 bits per heavy atom. The van der Waals surface area contributed by atoms with Gasteiger partial charge in [0, 0.05) is 52.0 Å². The summed E-state index contributed by atoms with van der Waals surface area (Å²) in [6.07, 6.45) is 2.83. The summed E-state index contributed by atoms with van der Waals surface area (Å²) in [5, 5.41) is 37.1. The van der Waals surface area contributed by atoms with Crippen molar-refractivity contribution in [3.8, 4) is 0 Å². The lowest BCUT2D eigenvalue weighted by molar-refractivity contribution is -0.121. The van der Waals surface area contributed by atoms with Crippen LogP contribution in [0.25, 0.3) is 11.2 Å². The topological polar surface area (TPSA) is 240 Å². The van der Waals surface area contributed by atoms with Crippen LogP contribution in [-0.4, -0.2) is 115 Å². The van der Waals surface area contributed by atoms with E-state index >= 15 is 4.57 Å². The van der Waals surface area contributed by atoms with Gasteiger partial charge >= 0.3 is 6.03 Å². The number of urea groups is 1. The Morgan fingerprint density at radius 1 is 0.955 bits per heavy atom. The van der Waals surface area contributed by atoms with Gasteiger partial charge in [-0.3, -0.25) is 9.36 Å². The first-order chi connectivity index (χ1) is 32.2. The average Bonchev–Trinajstić information content (AvgIpc) is 4.08. The number of fused-ring (bicyclic) bond motifs is 2. The van der Waals surface area contributed by atoms with Gasteiger partial charge in [0.25, 0.3) is 0 Å². The average molecular weight is 939 g/mol. The Balaban J connectivity index is 1.02. The zero-order valence-corrected chi connectivity index (χ0v) is 38.7. The monoisotopic (exact) mass is 938 g/mol. The van der Waals surface area contributed by atoms with E-state index in [-0.39, 0.29) is 59.5 Å². The fourth-order valence-electron chi connectivity index (χ4n) is 8.82. The molecule has 3 saturated heterocycles. The van der Waals surface area contributed by atoms with Gasteiger partial charge in [-0.25, -0.2) is 19.7 Å². The number of unbranched alkanes of at least 4 members (excludes halogenated alkanes) is 3. The highest BCUT2D eigenvalue weighted by molar-refractivity contribution is 8.00. The van der Waals surface area contributed by atoms with Crippen LogP contribution in [-0.2, 0) is 18.8 Å². The first-order valence-electron chi connectivity index (χ1n) is 22.9. The van der Waals surface area contributed by atoms with Gasteiger partial charge in [0.15, 0.2) is 30.4 Å². The number of nitrogens with one attached hydrogen (secondary N) is 4. The number of anilines is 1. The third kappa shape index (κ3) is 10.4. The Hall–Kier alpha value is -5.36. The maximum absolute atomic E-state index is 15.9. The molecule has 1 unspecified atom stereocenters. The van der Waals surface area contributed by atoms with Gasteiger partial charge in [0.2, 0.25) is 17.8 Å². The quantitative estimate of drug-likeness (QED) is 0.0183. The van der Waals surface area contributed by atoms with Gasteiger partial charge in [-0.15, -0.1) is 0 Å². The maximum Gasteiger partial charge on any atom is 0.315 e. The number of ether oxygens (including phenoxy) is 2. The van der Waals surface area contributed by atoms with E-state index in [0.29, 0.717) is 59.2 Å². The minimum atomic E-state index is -3.56. The number of aliphatic hydroxyl groups is 2. The van der Waals surface area contributed by atoms with Crippen molar-refractivity contribution in [2.45, 2.75) is 100 Å². The van der Waals surface area contributed by atoms with E-state index in [1.807, 2.05) is 104 Å². The molecule has 5 heterocycles. The van der Waals surface area contributed by atoms with E-state index in [1.165, 1.54) is 10.9 Å². The van der Waals surface area contributed by atoms with E-state index in [4.69, 9.17) is 25.2 Å². The van der Waals surface area contributed by atoms with Crippen molar-refractivity contribution in [1.82, 2.24) is 40.8 Å². The number of nitrogen functional groups attached to an aromatic ring is 1. The number of carbonyl (C=O) groups excluding carboxylic acids is 2. The molecular weight excluding hydrogens is 880 g/mol. The summed E-state index contributed by atoms with van der Waals surface area (Å²) in [6, 6.07) is 26.2. The Labute approximate surface area is 388 Å². The molecule has 3 aliphatic rings. The molecular formula is C47H59N10O7PS. The number of thioether (sulfide) groups is 1. The number of aliphatic hydroxyl groups excluding tert-OH is 2. The molecule has 3 aliphatic heterocycles. The molecule has 3 amide bonds. The fraction of sp³-hybridized carbons (Fsp3) is 0.447. The third-order valence-corrected chi connectivity index (χ3v) is 16.9. The SMILES string of the molecule is CCCNC[C@H]1O[C@@H](n2c(/N=C(\OCCCCCNC(=O)CCCC[C@@H]3SC[C@H]4NC(=O)N[C@@H]34)c3ccccc3P(=O)(c3ccccc3)c3ccccc3)nc3c(N)ncnc32)[C@@H](O)C1O. The number of aliphatic imine (C=N–C) groups is 1. The molecule has 0 radical (unpaired) electrons. The highest BCUT2D eigenvalue weighted by Gasteiger charge is 2.46. The van der Waals surface area contributed by atoms with Crippen LogP contribution in [0.1, 0.15) is 70.1 Å². The standard InChI is InChI=1S/C47H59N10O7PS/c1-2-24-49-27-34-40(59)41(60)45(64-34)57-43-39(42(48)51-29-52-43)54-46(57)56-44(32-20-10-11-21-35(32)65(62,30-16-6-3-7-17-30)31-18-8-4-9-19-31)63-26-15-5-14-25-50-37(58)23-13-12-22-36-38-33(28-66-36)53-47(61)55-38/h3-4,6-11,16-21,29,33-34,36,38,40-41,45,49,59-60H,2,5,12-15,22-28H2,1H3,(H,50,58)(H2,48,51,52)(H2,53,55,61)/b56-44-/t33-,34-,36+,38-,40?,41+,45-/m1/s1. The number of benzene rings is 3. The number of rotatable bonds is 21. The fourth-order valence-corrected chi connectivity index (χ4v) is 13.2. The van der Waals surface area contributed by atoms with E-state index in [1.54, 1.807) is 0 Å². The minimum Gasteiger partial charge on any atom is -0.477 e. The molecule has 66 heavy (non-hydrogen) atoms. The molecule has 17 nitrogen and oxygen atoms in total. The van der Waals surface area contributed by atoms with Crippen molar-refractivity contribution >= 4 is 75.6 Å². The maximum atomic E-state index is 15.9.